The van der Waals surface area contributed by atoms with Crippen LogP contribution in [0.5, 0.6) is 0 Å². The molecule has 0 bridgehead atoms. The first-order valence-electron chi connectivity index (χ1n) is 9.62. The average Bonchev–Trinajstić information content (AvgIpc) is 3.15. The molecule has 5 N–H and O–H groups in total. The number of benzene rings is 2. The molecule has 3 aromatic rings. The third-order valence-corrected chi connectivity index (χ3v) is 4.54. The van der Waals surface area contributed by atoms with Crippen molar-refractivity contribution < 1.29 is 9.63 Å². The van der Waals surface area contributed by atoms with Gasteiger partial charge in [0.1, 0.15) is 0 Å². The van der Waals surface area contributed by atoms with Crippen molar-refractivity contribution in [2.75, 3.05) is 42.5 Å². The van der Waals surface area contributed by atoms with Gasteiger partial charge < -0.3 is 21.4 Å². The van der Waals surface area contributed by atoms with Crippen LogP contribution in [0.15, 0.2) is 54.6 Å². The molecule has 0 unspecified atom stereocenters. The van der Waals surface area contributed by atoms with E-state index in [9.17, 15) is 4.79 Å². The normalized spacial score (nSPS) is 10.4. The predicted molar refractivity (Wildman–Crippen MR) is 119 cm³/mol. The van der Waals surface area contributed by atoms with Crippen molar-refractivity contribution >= 4 is 23.2 Å². The first kappa shape index (κ1) is 21.0. The maximum atomic E-state index is 12.6. The van der Waals surface area contributed by atoms with Gasteiger partial charge in [0.25, 0.3) is 5.91 Å². The minimum absolute atomic E-state index is 0.294. The molecule has 0 fully saturated rings. The molecule has 0 aliphatic heterocycles. The Morgan fingerprint density at radius 1 is 1.00 bits per heavy atom. The number of hydrogen-bond donors (Lipinski definition) is 5. The Labute approximate surface area is 175 Å². The van der Waals surface area contributed by atoms with Crippen LogP contribution in [0.25, 0.3) is 0 Å². The Hall–Kier alpha value is -3.72. The summed E-state index contributed by atoms with van der Waals surface area (Å²) >= 11 is 0. The Morgan fingerprint density at radius 3 is 2.43 bits per heavy atom. The van der Waals surface area contributed by atoms with Crippen LogP contribution in [-0.2, 0) is 18.0 Å². The van der Waals surface area contributed by atoms with E-state index >= 15 is 0 Å². The lowest BCUT2D eigenvalue weighted by atomic mass is 10.1. The van der Waals surface area contributed by atoms with Gasteiger partial charge in [0.15, 0.2) is 11.6 Å². The van der Waals surface area contributed by atoms with Gasteiger partial charge in [-0.1, -0.05) is 42.5 Å². The van der Waals surface area contributed by atoms with Gasteiger partial charge in [0.2, 0.25) is 0 Å². The molecule has 1 aromatic heterocycles. The molecule has 9 heteroatoms. The Bertz CT molecular complexity index is 973. The SMILES string of the molecule is CNc1nn(NC)c(NC)c1CNc1ccccc1C(=O)NOCc1ccccc1. The summed E-state index contributed by atoms with van der Waals surface area (Å²) < 4.78 is 0. The summed E-state index contributed by atoms with van der Waals surface area (Å²) in [6, 6.07) is 16.9. The smallest absolute Gasteiger partial charge is 0.276 e. The van der Waals surface area contributed by atoms with Crippen molar-refractivity contribution in [2.45, 2.75) is 13.2 Å². The van der Waals surface area contributed by atoms with E-state index in [2.05, 4.69) is 32.0 Å². The Morgan fingerprint density at radius 2 is 1.73 bits per heavy atom. The van der Waals surface area contributed by atoms with Gasteiger partial charge in [0, 0.05) is 33.4 Å². The van der Waals surface area contributed by atoms with Crippen LogP contribution in [0.2, 0.25) is 0 Å². The standard InChI is InChI=1S/C21H27N7O2/c1-22-19-17(20(23-2)28(24-3)26-19)13-25-18-12-8-7-11-16(18)21(29)27-30-14-15-9-5-4-6-10-15/h4-12,23-25H,13-14H2,1-3H3,(H,22,26)(H,27,29). The van der Waals surface area contributed by atoms with Crippen LogP contribution < -0.4 is 26.9 Å². The predicted octanol–water partition coefficient (Wildman–Crippen LogP) is 2.61. The monoisotopic (exact) mass is 409 g/mol. The van der Waals surface area contributed by atoms with Crippen LogP contribution in [0.3, 0.4) is 0 Å². The molecule has 30 heavy (non-hydrogen) atoms. The highest BCUT2D eigenvalue weighted by molar-refractivity contribution is 5.99. The van der Waals surface area contributed by atoms with Crippen LogP contribution in [-0.4, -0.2) is 36.9 Å². The molecule has 1 amide bonds. The zero-order valence-electron chi connectivity index (χ0n) is 17.3. The van der Waals surface area contributed by atoms with Gasteiger partial charge in [-0.2, -0.15) is 4.79 Å². The molecule has 0 saturated heterocycles. The van der Waals surface area contributed by atoms with Crippen LogP contribution in [0.4, 0.5) is 17.3 Å². The van der Waals surface area contributed by atoms with Crippen molar-refractivity contribution in [3.8, 4) is 0 Å². The largest absolute Gasteiger partial charge is 0.380 e. The summed E-state index contributed by atoms with van der Waals surface area (Å²) in [6.45, 7) is 0.756. The maximum Gasteiger partial charge on any atom is 0.276 e. The van der Waals surface area contributed by atoms with Crippen LogP contribution in [0, 0.1) is 0 Å². The van der Waals surface area contributed by atoms with E-state index in [4.69, 9.17) is 4.84 Å². The van der Waals surface area contributed by atoms with E-state index in [-0.39, 0.29) is 5.91 Å². The van der Waals surface area contributed by atoms with E-state index in [1.54, 1.807) is 17.9 Å². The third kappa shape index (κ3) is 4.81. The highest BCUT2D eigenvalue weighted by Gasteiger charge is 2.17. The molecular formula is C21H27N7O2. The van der Waals surface area contributed by atoms with E-state index in [1.807, 2.05) is 62.6 Å². The summed E-state index contributed by atoms with van der Waals surface area (Å²) in [5, 5.41) is 14.0. The molecule has 1 heterocycles. The number of rotatable bonds is 10. The second kappa shape index (κ2) is 10.2. The van der Waals surface area contributed by atoms with Crippen molar-refractivity contribution in [1.29, 1.82) is 0 Å². The number of aromatic nitrogens is 2. The van der Waals surface area contributed by atoms with Crippen molar-refractivity contribution in [2.24, 2.45) is 0 Å². The molecule has 0 radical (unpaired) electrons. The Kier molecular flexibility index (Phi) is 7.12. The van der Waals surface area contributed by atoms with Gasteiger partial charge in [-0.3, -0.25) is 9.63 Å². The minimum atomic E-state index is -0.317. The number of nitrogens with zero attached hydrogens (tertiary/aromatic N) is 2. The highest BCUT2D eigenvalue weighted by atomic mass is 16.6. The number of carbonyl (C=O) groups excluding carboxylic acids is 1. The third-order valence-electron chi connectivity index (χ3n) is 4.54. The van der Waals surface area contributed by atoms with Crippen molar-refractivity contribution in [3.63, 3.8) is 0 Å². The molecule has 0 saturated carbocycles. The van der Waals surface area contributed by atoms with Gasteiger partial charge in [-0.05, 0) is 17.7 Å². The van der Waals surface area contributed by atoms with E-state index in [1.165, 1.54) is 0 Å². The summed E-state index contributed by atoms with van der Waals surface area (Å²) in [6.07, 6.45) is 0. The van der Waals surface area contributed by atoms with E-state index in [0.717, 1.165) is 22.8 Å². The topological polar surface area (TPSA) is 104 Å². The number of hydroxylamine groups is 1. The minimum Gasteiger partial charge on any atom is -0.380 e. The van der Waals surface area contributed by atoms with Crippen molar-refractivity contribution in [1.82, 2.24) is 15.4 Å². The molecule has 9 nitrogen and oxygen atoms in total. The van der Waals surface area contributed by atoms with E-state index < -0.39 is 0 Å². The quantitative estimate of drug-likeness (QED) is 0.328. The lowest BCUT2D eigenvalue weighted by Gasteiger charge is -2.13. The number of anilines is 3. The first-order chi connectivity index (χ1) is 14.7. The second-order valence-corrected chi connectivity index (χ2v) is 6.42. The highest BCUT2D eigenvalue weighted by Crippen LogP contribution is 2.25. The molecule has 0 aliphatic carbocycles. The Balaban J connectivity index is 1.68. The fourth-order valence-corrected chi connectivity index (χ4v) is 3.07. The number of para-hydroxylation sites is 1. The van der Waals surface area contributed by atoms with Crippen LogP contribution in [0.1, 0.15) is 21.5 Å². The van der Waals surface area contributed by atoms with Gasteiger partial charge in [0.05, 0.1) is 17.7 Å². The lowest BCUT2D eigenvalue weighted by Crippen LogP contribution is -2.24. The zero-order valence-corrected chi connectivity index (χ0v) is 17.3. The van der Waals surface area contributed by atoms with Crippen molar-refractivity contribution in [3.05, 3.63) is 71.3 Å². The molecule has 2 aromatic carbocycles. The van der Waals surface area contributed by atoms with Crippen LogP contribution >= 0.6 is 0 Å². The zero-order chi connectivity index (χ0) is 21.3. The molecule has 0 spiro atoms. The lowest BCUT2D eigenvalue weighted by molar-refractivity contribution is 0.0234. The van der Waals surface area contributed by atoms with Gasteiger partial charge in [-0.15, -0.1) is 5.10 Å². The maximum absolute atomic E-state index is 12.6. The summed E-state index contributed by atoms with van der Waals surface area (Å²) in [5.41, 5.74) is 8.61. The molecule has 0 aliphatic rings. The fraction of sp³-hybridized carbons (Fsp3) is 0.238. The molecule has 3 rings (SSSR count). The van der Waals surface area contributed by atoms with Gasteiger partial charge >= 0.3 is 0 Å². The number of nitrogens with one attached hydrogen (secondary N) is 5. The number of carbonyl (C=O) groups is 1. The number of amides is 1. The first-order valence-corrected chi connectivity index (χ1v) is 9.62. The fourth-order valence-electron chi connectivity index (χ4n) is 3.07. The molecule has 0 atom stereocenters. The molecule has 158 valence electrons. The van der Waals surface area contributed by atoms with Gasteiger partial charge in [-0.25, -0.2) is 5.48 Å². The number of hydrogen-bond acceptors (Lipinski definition) is 7. The van der Waals surface area contributed by atoms with E-state index in [0.29, 0.717) is 24.4 Å². The second-order valence-electron chi connectivity index (χ2n) is 6.42. The molecular weight excluding hydrogens is 382 g/mol. The average molecular weight is 409 g/mol. The summed E-state index contributed by atoms with van der Waals surface area (Å²) in [5.74, 6) is 1.24. The summed E-state index contributed by atoms with van der Waals surface area (Å²) in [4.78, 5) is 19.7. The summed E-state index contributed by atoms with van der Waals surface area (Å²) in [7, 11) is 5.44.